The minimum Gasteiger partial charge on any atom is -0.390 e. The summed E-state index contributed by atoms with van der Waals surface area (Å²) in [5.74, 6) is 0.239. The molecule has 1 aliphatic rings. The van der Waals surface area contributed by atoms with Gasteiger partial charge in [0, 0.05) is 12.5 Å². The van der Waals surface area contributed by atoms with Crippen LogP contribution in [0.15, 0.2) is 0 Å². The van der Waals surface area contributed by atoms with Gasteiger partial charge in [-0.05, 0) is 12.3 Å². The first-order valence-electron chi connectivity index (χ1n) is 4.56. The van der Waals surface area contributed by atoms with Crippen molar-refractivity contribution in [2.45, 2.75) is 32.5 Å². The van der Waals surface area contributed by atoms with Crippen molar-refractivity contribution in [1.82, 2.24) is 0 Å². The maximum Gasteiger partial charge on any atom is 0.0852 e. The molecule has 3 atom stereocenters. The molecule has 1 aliphatic heterocycles. The maximum absolute atomic E-state index is 9.66. The SMILES string of the molecule is CC(C)C(O)C(O)C1CCOC1. The molecular weight excluding hydrogens is 156 g/mol. The first kappa shape index (κ1) is 9.96. The van der Waals surface area contributed by atoms with Crippen molar-refractivity contribution in [3.63, 3.8) is 0 Å². The van der Waals surface area contributed by atoms with Gasteiger partial charge in [-0.1, -0.05) is 13.8 Å². The van der Waals surface area contributed by atoms with Crippen LogP contribution in [0.1, 0.15) is 20.3 Å². The smallest absolute Gasteiger partial charge is 0.0852 e. The summed E-state index contributed by atoms with van der Waals surface area (Å²) in [6.45, 7) is 5.12. The van der Waals surface area contributed by atoms with Crippen LogP contribution in [-0.4, -0.2) is 35.6 Å². The second-order valence-electron chi connectivity index (χ2n) is 3.85. The Balaban J connectivity index is 2.39. The molecule has 0 aromatic rings. The molecule has 0 aromatic carbocycles. The predicted octanol–water partition coefficient (Wildman–Crippen LogP) is 0.401. The zero-order valence-electron chi connectivity index (χ0n) is 7.73. The maximum atomic E-state index is 9.66. The molecule has 72 valence electrons. The second kappa shape index (κ2) is 4.21. The second-order valence-corrected chi connectivity index (χ2v) is 3.85. The van der Waals surface area contributed by atoms with E-state index in [-0.39, 0.29) is 11.8 Å². The largest absolute Gasteiger partial charge is 0.390 e. The molecule has 12 heavy (non-hydrogen) atoms. The molecule has 3 nitrogen and oxygen atoms in total. The Morgan fingerprint density at radius 1 is 1.33 bits per heavy atom. The van der Waals surface area contributed by atoms with Crippen LogP contribution >= 0.6 is 0 Å². The number of ether oxygens (including phenoxy) is 1. The molecular formula is C9H18O3. The van der Waals surface area contributed by atoms with E-state index in [4.69, 9.17) is 4.74 Å². The standard InChI is InChI=1S/C9H18O3/c1-6(2)8(10)9(11)7-3-4-12-5-7/h6-11H,3-5H2,1-2H3. The fraction of sp³-hybridized carbons (Fsp3) is 1.00. The molecule has 1 rings (SSSR count). The molecule has 1 fully saturated rings. The summed E-state index contributed by atoms with van der Waals surface area (Å²) in [7, 11) is 0. The van der Waals surface area contributed by atoms with Crippen LogP contribution in [0.5, 0.6) is 0 Å². The van der Waals surface area contributed by atoms with Crippen LogP contribution in [0.25, 0.3) is 0 Å². The van der Waals surface area contributed by atoms with Crippen LogP contribution in [0.2, 0.25) is 0 Å². The summed E-state index contributed by atoms with van der Waals surface area (Å²) < 4.78 is 5.14. The molecule has 0 aromatic heterocycles. The Kier molecular flexibility index (Phi) is 3.50. The highest BCUT2D eigenvalue weighted by molar-refractivity contribution is 4.80. The number of hydrogen-bond donors (Lipinski definition) is 2. The third-order valence-electron chi connectivity index (χ3n) is 2.48. The van der Waals surface area contributed by atoms with Gasteiger partial charge < -0.3 is 14.9 Å². The third-order valence-corrected chi connectivity index (χ3v) is 2.48. The number of rotatable bonds is 3. The van der Waals surface area contributed by atoms with Crippen LogP contribution in [0.3, 0.4) is 0 Å². The number of hydrogen-bond acceptors (Lipinski definition) is 3. The lowest BCUT2D eigenvalue weighted by Crippen LogP contribution is -2.37. The summed E-state index contributed by atoms with van der Waals surface area (Å²) in [6.07, 6.45) is -0.366. The van der Waals surface area contributed by atoms with Crippen LogP contribution < -0.4 is 0 Å². The van der Waals surface area contributed by atoms with E-state index >= 15 is 0 Å². The lowest BCUT2D eigenvalue weighted by atomic mass is 9.91. The minimum absolute atomic E-state index is 0.112. The molecule has 1 heterocycles. The van der Waals surface area contributed by atoms with Gasteiger partial charge in [-0.25, -0.2) is 0 Å². The van der Waals surface area contributed by atoms with Crippen molar-refractivity contribution < 1.29 is 14.9 Å². The summed E-state index contributed by atoms with van der Waals surface area (Å²) in [4.78, 5) is 0. The van der Waals surface area contributed by atoms with Gasteiger partial charge in [-0.15, -0.1) is 0 Å². The topological polar surface area (TPSA) is 49.7 Å². The summed E-state index contributed by atoms with van der Waals surface area (Å²) >= 11 is 0. The molecule has 3 unspecified atom stereocenters. The van der Waals surface area contributed by atoms with Crippen LogP contribution in [-0.2, 0) is 4.74 Å². The monoisotopic (exact) mass is 174 g/mol. The van der Waals surface area contributed by atoms with Gasteiger partial charge in [0.25, 0.3) is 0 Å². The Bertz CT molecular complexity index is 128. The molecule has 2 N–H and O–H groups in total. The highest BCUT2D eigenvalue weighted by Gasteiger charge is 2.30. The van der Waals surface area contributed by atoms with Crippen molar-refractivity contribution in [3.05, 3.63) is 0 Å². The molecule has 0 bridgehead atoms. The van der Waals surface area contributed by atoms with Crippen LogP contribution in [0, 0.1) is 11.8 Å². The molecule has 0 spiro atoms. The molecule has 0 aliphatic carbocycles. The Morgan fingerprint density at radius 2 is 2.00 bits per heavy atom. The molecule has 0 radical (unpaired) electrons. The van der Waals surface area contributed by atoms with E-state index in [1.807, 2.05) is 13.8 Å². The van der Waals surface area contributed by atoms with Crippen molar-refractivity contribution in [2.24, 2.45) is 11.8 Å². The van der Waals surface area contributed by atoms with Crippen LogP contribution in [0.4, 0.5) is 0 Å². The number of aliphatic hydroxyl groups excluding tert-OH is 2. The summed E-state index contributed by atoms with van der Waals surface area (Å²) in [6, 6.07) is 0. The van der Waals surface area contributed by atoms with Gasteiger partial charge in [-0.3, -0.25) is 0 Å². The zero-order valence-corrected chi connectivity index (χ0v) is 7.73. The van der Waals surface area contributed by atoms with Gasteiger partial charge in [0.1, 0.15) is 0 Å². The van der Waals surface area contributed by atoms with Gasteiger partial charge in [-0.2, -0.15) is 0 Å². The lowest BCUT2D eigenvalue weighted by Gasteiger charge is -2.24. The predicted molar refractivity (Wildman–Crippen MR) is 45.8 cm³/mol. The van der Waals surface area contributed by atoms with E-state index in [1.165, 1.54) is 0 Å². The summed E-state index contributed by atoms with van der Waals surface area (Å²) in [5.41, 5.74) is 0. The Morgan fingerprint density at radius 3 is 2.42 bits per heavy atom. The van der Waals surface area contributed by atoms with E-state index in [2.05, 4.69) is 0 Å². The van der Waals surface area contributed by atoms with E-state index in [0.717, 1.165) is 6.42 Å². The average molecular weight is 174 g/mol. The number of aliphatic hydroxyl groups is 2. The fourth-order valence-corrected chi connectivity index (χ4v) is 1.50. The highest BCUT2D eigenvalue weighted by Crippen LogP contribution is 2.21. The fourth-order valence-electron chi connectivity index (χ4n) is 1.50. The quantitative estimate of drug-likeness (QED) is 0.651. The van der Waals surface area contributed by atoms with Crippen molar-refractivity contribution in [3.8, 4) is 0 Å². The first-order chi connectivity index (χ1) is 5.63. The van der Waals surface area contributed by atoms with Crippen molar-refractivity contribution in [2.75, 3.05) is 13.2 Å². The zero-order chi connectivity index (χ0) is 9.14. The van der Waals surface area contributed by atoms with Gasteiger partial charge in [0.05, 0.1) is 18.8 Å². The Labute approximate surface area is 73.4 Å². The molecule has 1 saturated heterocycles. The van der Waals surface area contributed by atoms with Gasteiger partial charge in [0.15, 0.2) is 0 Å². The molecule has 3 heteroatoms. The van der Waals surface area contributed by atoms with Crippen molar-refractivity contribution in [1.29, 1.82) is 0 Å². The van der Waals surface area contributed by atoms with E-state index in [0.29, 0.717) is 13.2 Å². The minimum atomic E-state index is -0.618. The van der Waals surface area contributed by atoms with E-state index in [9.17, 15) is 10.2 Å². The van der Waals surface area contributed by atoms with Crippen molar-refractivity contribution >= 4 is 0 Å². The average Bonchev–Trinajstić information content (AvgIpc) is 2.53. The summed E-state index contributed by atoms with van der Waals surface area (Å²) in [5, 5.41) is 19.2. The normalized spacial score (nSPS) is 29.2. The molecule has 0 amide bonds. The highest BCUT2D eigenvalue weighted by atomic mass is 16.5. The first-order valence-corrected chi connectivity index (χ1v) is 4.56. The lowest BCUT2D eigenvalue weighted by molar-refractivity contribution is -0.0413. The molecule has 0 saturated carbocycles. The van der Waals surface area contributed by atoms with E-state index < -0.39 is 12.2 Å². The van der Waals surface area contributed by atoms with Gasteiger partial charge in [0.2, 0.25) is 0 Å². The Hall–Kier alpha value is -0.120. The van der Waals surface area contributed by atoms with E-state index in [1.54, 1.807) is 0 Å². The van der Waals surface area contributed by atoms with Gasteiger partial charge >= 0.3 is 0 Å². The third kappa shape index (κ3) is 2.19.